The predicted octanol–water partition coefficient (Wildman–Crippen LogP) is 2.90. The minimum Gasteiger partial charge on any atom is -0.497 e. The summed E-state index contributed by atoms with van der Waals surface area (Å²) in [7, 11) is 1.64. The van der Waals surface area contributed by atoms with Crippen LogP contribution in [-0.4, -0.2) is 24.2 Å². The molecule has 0 amide bonds. The maximum Gasteiger partial charge on any atom is 0.328 e. The van der Waals surface area contributed by atoms with Crippen molar-refractivity contribution in [1.82, 2.24) is 5.32 Å². The second-order valence-electron chi connectivity index (χ2n) is 5.78. The first kappa shape index (κ1) is 13.9. The average molecular weight is 285 g/mol. The van der Waals surface area contributed by atoms with Crippen molar-refractivity contribution in [3.63, 3.8) is 0 Å². The molecule has 21 heavy (non-hydrogen) atoms. The number of carboxylic acid groups (broad SMARTS) is 1. The van der Waals surface area contributed by atoms with E-state index in [1.807, 2.05) is 36.4 Å². The van der Waals surface area contributed by atoms with Crippen molar-refractivity contribution in [2.24, 2.45) is 0 Å². The number of rotatable bonds is 5. The third kappa shape index (κ3) is 2.59. The van der Waals surface area contributed by atoms with Crippen molar-refractivity contribution in [1.29, 1.82) is 0 Å². The molecule has 4 heteroatoms. The fraction of sp³-hybridized carbons (Fsp3) is 0.353. The molecular formula is C17H19NO3. The third-order valence-corrected chi connectivity index (χ3v) is 4.12. The van der Waals surface area contributed by atoms with Crippen LogP contribution in [0.4, 0.5) is 0 Å². The molecule has 2 N–H and O–H groups in total. The van der Waals surface area contributed by atoms with Crippen LogP contribution >= 0.6 is 0 Å². The van der Waals surface area contributed by atoms with E-state index < -0.39 is 11.5 Å². The van der Waals surface area contributed by atoms with Crippen LogP contribution in [0.15, 0.2) is 36.4 Å². The summed E-state index contributed by atoms with van der Waals surface area (Å²) < 4.78 is 5.21. The Morgan fingerprint density at radius 3 is 2.52 bits per heavy atom. The Hall–Kier alpha value is -2.07. The molecule has 110 valence electrons. The van der Waals surface area contributed by atoms with Gasteiger partial charge in [-0.1, -0.05) is 18.2 Å². The van der Waals surface area contributed by atoms with Crippen molar-refractivity contribution in [2.75, 3.05) is 7.11 Å². The summed E-state index contributed by atoms with van der Waals surface area (Å²) >= 11 is 0. The zero-order valence-corrected chi connectivity index (χ0v) is 12.2. The number of carboxylic acids is 1. The lowest BCUT2D eigenvalue weighted by Gasteiger charge is -2.27. The number of benzene rings is 2. The minimum atomic E-state index is -1.05. The number of carbonyl (C=O) groups is 1. The molecule has 0 saturated heterocycles. The Labute approximate surface area is 123 Å². The van der Waals surface area contributed by atoms with E-state index >= 15 is 0 Å². The first-order chi connectivity index (χ1) is 10.0. The quantitative estimate of drug-likeness (QED) is 0.887. The van der Waals surface area contributed by atoms with Crippen molar-refractivity contribution in [2.45, 2.75) is 31.3 Å². The predicted molar refractivity (Wildman–Crippen MR) is 81.6 cm³/mol. The van der Waals surface area contributed by atoms with E-state index in [0.29, 0.717) is 6.04 Å². The number of fused-ring (bicyclic) bond motifs is 1. The topological polar surface area (TPSA) is 58.6 Å². The van der Waals surface area contributed by atoms with Crippen molar-refractivity contribution in [3.05, 3.63) is 42.0 Å². The number of hydrogen-bond acceptors (Lipinski definition) is 3. The normalized spacial score (nSPS) is 17.4. The highest BCUT2D eigenvalue weighted by molar-refractivity contribution is 5.87. The zero-order valence-electron chi connectivity index (χ0n) is 12.2. The summed E-state index contributed by atoms with van der Waals surface area (Å²) in [5.41, 5.74) is -0.269. The molecule has 1 unspecified atom stereocenters. The first-order valence-electron chi connectivity index (χ1n) is 7.12. The largest absolute Gasteiger partial charge is 0.497 e. The van der Waals surface area contributed by atoms with Gasteiger partial charge in [0.25, 0.3) is 0 Å². The van der Waals surface area contributed by atoms with Crippen LogP contribution in [0, 0.1) is 0 Å². The standard InChI is InChI=1S/C17H19NO3/c1-17(16(19)20,18-14-6-7-14)13-5-3-12-10-15(21-2)8-4-11(12)9-13/h3-5,8-10,14,18H,6-7H2,1-2H3,(H,19,20). The van der Waals surface area contributed by atoms with E-state index in [2.05, 4.69) is 5.32 Å². The number of aliphatic carboxylic acids is 1. The lowest BCUT2D eigenvalue weighted by molar-refractivity contribution is -0.144. The number of methoxy groups -OCH3 is 1. The molecule has 1 aliphatic rings. The molecule has 1 aliphatic carbocycles. The van der Waals surface area contributed by atoms with Crippen LogP contribution in [-0.2, 0) is 10.3 Å². The molecule has 3 rings (SSSR count). The van der Waals surface area contributed by atoms with Crippen molar-refractivity contribution >= 4 is 16.7 Å². The monoisotopic (exact) mass is 285 g/mol. The molecule has 0 aliphatic heterocycles. The smallest absolute Gasteiger partial charge is 0.328 e. The summed E-state index contributed by atoms with van der Waals surface area (Å²) in [5.74, 6) is -0.0467. The fourth-order valence-corrected chi connectivity index (χ4v) is 2.57. The lowest BCUT2D eigenvalue weighted by Crippen LogP contribution is -2.47. The van der Waals surface area contributed by atoms with Gasteiger partial charge < -0.3 is 9.84 Å². The van der Waals surface area contributed by atoms with Crippen LogP contribution in [0.25, 0.3) is 10.8 Å². The Morgan fingerprint density at radius 2 is 1.90 bits per heavy atom. The summed E-state index contributed by atoms with van der Waals surface area (Å²) in [4.78, 5) is 11.7. The van der Waals surface area contributed by atoms with Gasteiger partial charge >= 0.3 is 5.97 Å². The van der Waals surface area contributed by atoms with Gasteiger partial charge in [-0.15, -0.1) is 0 Å². The van der Waals surface area contributed by atoms with Crippen LogP contribution in [0.3, 0.4) is 0 Å². The highest BCUT2D eigenvalue weighted by Gasteiger charge is 2.40. The van der Waals surface area contributed by atoms with Gasteiger partial charge in [-0.2, -0.15) is 0 Å². The molecule has 0 heterocycles. The van der Waals surface area contributed by atoms with E-state index in [1.165, 1.54) is 0 Å². The van der Waals surface area contributed by atoms with Gasteiger partial charge in [-0.25, -0.2) is 4.79 Å². The van der Waals surface area contributed by atoms with Crippen LogP contribution in [0.2, 0.25) is 0 Å². The van der Waals surface area contributed by atoms with E-state index in [-0.39, 0.29) is 0 Å². The summed E-state index contributed by atoms with van der Waals surface area (Å²) in [6.45, 7) is 1.73. The SMILES string of the molecule is COc1ccc2cc(C(C)(NC3CC3)C(=O)O)ccc2c1. The van der Waals surface area contributed by atoms with Gasteiger partial charge in [0.15, 0.2) is 0 Å². The average Bonchev–Trinajstić information content (AvgIpc) is 3.29. The molecule has 0 aromatic heterocycles. The van der Waals surface area contributed by atoms with E-state index in [1.54, 1.807) is 14.0 Å². The van der Waals surface area contributed by atoms with Gasteiger partial charge in [-0.3, -0.25) is 5.32 Å². The zero-order chi connectivity index (χ0) is 15.0. The molecule has 0 radical (unpaired) electrons. The molecule has 0 spiro atoms. The second-order valence-corrected chi connectivity index (χ2v) is 5.78. The molecule has 1 saturated carbocycles. The minimum absolute atomic E-state index is 0.317. The number of nitrogens with one attached hydrogen (secondary N) is 1. The fourth-order valence-electron chi connectivity index (χ4n) is 2.57. The van der Waals surface area contributed by atoms with Crippen molar-refractivity contribution in [3.8, 4) is 5.75 Å². The molecule has 2 aromatic rings. The maximum atomic E-state index is 11.7. The van der Waals surface area contributed by atoms with Gasteiger partial charge in [0.1, 0.15) is 11.3 Å². The Morgan fingerprint density at radius 1 is 1.24 bits per heavy atom. The number of hydrogen-bond donors (Lipinski definition) is 2. The maximum absolute atomic E-state index is 11.7. The van der Waals surface area contributed by atoms with E-state index in [0.717, 1.165) is 34.9 Å². The van der Waals surface area contributed by atoms with Crippen LogP contribution < -0.4 is 10.1 Å². The molecule has 1 fully saturated rings. The molecular weight excluding hydrogens is 266 g/mol. The van der Waals surface area contributed by atoms with E-state index in [9.17, 15) is 9.90 Å². The van der Waals surface area contributed by atoms with Gasteiger partial charge in [0.2, 0.25) is 0 Å². The summed E-state index contributed by atoms with van der Waals surface area (Å²) in [6, 6.07) is 11.9. The second kappa shape index (κ2) is 5.04. The molecule has 0 bridgehead atoms. The molecule has 4 nitrogen and oxygen atoms in total. The van der Waals surface area contributed by atoms with Crippen LogP contribution in [0.5, 0.6) is 5.75 Å². The van der Waals surface area contributed by atoms with Gasteiger partial charge in [0, 0.05) is 6.04 Å². The lowest BCUT2D eigenvalue weighted by atomic mass is 9.90. The number of ether oxygens (including phenoxy) is 1. The first-order valence-corrected chi connectivity index (χ1v) is 7.12. The molecule has 1 atom stereocenters. The Kier molecular flexibility index (Phi) is 3.33. The highest BCUT2D eigenvalue weighted by atomic mass is 16.5. The van der Waals surface area contributed by atoms with Crippen LogP contribution in [0.1, 0.15) is 25.3 Å². The van der Waals surface area contributed by atoms with E-state index in [4.69, 9.17) is 4.74 Å². The Bertz CT molecular complexity index is 693. The summed E-state index contributed by atoms with van der Waals surface area (Å²) in [6.07, 6.45) is 2.10. The van der Waals surface area contributed by atoms with Crippen molar-refractivity contribution < 1.29 is 14.6 Å². The highest BCUT2D eigenvalue weighted by Crippen LogP contribution is 2.31. The van der Waals surface area contributed by atoms with Gasteiger partial charge in [0.05, 0.1) is 7.11 Å². The van der Waals surface area contributed by atoms with Gasteiger partial charge in [-0.05, 0) is 54.3 Å². The Balaban J connectivity index is 2.03. The third-order valence-electron chi connectivity index (χ3n) is 4.12. The summed E-state index contributed by atoms with van der Waals surface area (Å²) in [5, 5.41) is 14.9. The molecule has 2 aromatic carbocycles.